The number of amides is 2. The first-order chi connectivity index (χ1) is 13.7. The zero-order valence-electron chi connectivity index (χ0n) is 15.7. The number of carbonyl (C=O) groups is 3. The number of hydrogen-bond donors (Lipinski definition) is 4. The van der Waals surface area contributed by atoms with Crippen LogP contribution in [0.4, 0.5) is 5.69 Å². The van der Waals surface area contributed by atoms with Crippen molar-refractivity contribution in [2.75, 3.05) is 11.9 Å². The molecule has 1 aliphatic rings. The summed E-state index contributed by atoms with van der Waals surface area (Å²) in [4.78, 5) is 45.8. The number of allylic oxidation sites excluding steroid dienone is 2. The molecule has 1 aromatic rings. The first-order valence-corrected chi connectivity index (χ1v) is 8.89. The molecule has 10 heteroatoms. The Labute approximate surface area is 166 Å². The van der Waals surface area contributed by atoms with Gasteiger partial charge in [-0.3, -0.25) is 24.5 Å². The number of hydrogen-bond acceptors (Lipinski definition) is 6. The van der Waals surface area contributed by atoms with Gasteiger partial charge in [0.25, 0.3) is 17.5 Å². The Hall–Kier alpha value is -3.69. The van der Waals surface area contributed by atoms with E-state index >= 15 is 0 Å². The highest BCUT2D eigenvalue weighted by Gasteiger charge is 2.31. The fourth-order valence-corrected chi connectivity index (χ4v) is 2.95. The molecule has 2 rings (SSSR count). The molecule has 0 aromatic heterocycles. The van der Waals surface area contributed by atoms with Gasteiger partial charge in [-0.1, -0.05) is 19.1 Å². The minimum atomic E-state index is -0.962. The lowest BCUT2D eigenvalue weighted by molar-refractivity contribution is -0.429. The van der Waals surface area contributed by atoms with Crippen molar-refractivity contribution in [2.24, 2.45) is 5.92 Å². The maximum absolute atomic E-state index is 12.6. The van der Waals surface area contributed by atoms with Crippen LogP contribution in [-0.2, 0) is 9.59 Å². The largest absolute Gasteiger partial charge is 0.507 e. The minimum absolute atomic E-state index is 0.00716. The van der Waals surface area contributed by atoms with E-state index in [0.717, 1.165) is 6.08 Å². The Balaban J connectivity index is 2.15. The van der Waals surface area contributed by atoms with Gasteiger partial charge in [0.2, 0.25) is 0 Å². The maximum atomic E-state index is 12.6. The van der Waals surface area contributed by atoms with Gasteiger partial charge in [-0.15, -0.1) is 0 Å². The quantitative estimate of drug-likeness (QED) is 0.294. The number of para-hydroxylation sites is 1. The van der Waals surface area contributed by atoms with Crippen LogP contribution >= 0.6 is 0 Å². The van der Waals surface area contributed by atoms with Crippen LogP contribution < -0.4 is 10.6 Å². The summed E-state index contributed by atoms with van der Waals surface area (Å²) in [5, 5.41) is 34.8. The van der Waals surface area contributed by atoms with Gasteiger partial charge in [0, 0.05) is 25.3 Å². The molecule has 2 amide bonds. The Morgan fingerprint density at radius 1 is 1.24 bits per heavy atom. The molecular formula is C19H21N3O7. The molecule has 0 heterocycles. The summed E-state index contributed by atoms with van der Waals surface area (Å²) in [5.41, 5.74) is 0.172. The summed E-state index contributed by atoms with van der Waals surface area (Å²) in [6.07, 6.45) is 1.13. The average molecular weight is 403 g/mol. The minimum Gasteiger partial charge on any atom is -0.507 e. The normalized spacial score (nSPS) is 16.0. The molecule has 1 unspecified atom stereocenters. The van der Waals surface area contributed by atoms with Crippen molar-refractivity contribution in [1.82, 2.24) is 5.32 Å². The van der Waals surface area contributed by atoms with E-state index in [1.807, 2.05) is 0 Å². The molecule has 0 saturated carbocycles. The lowest BCUT2D eigenvalue weighted by atomic mass is 9.89. The third kappa shape index (κ3) is 5.64. The number of aliphatic carboxylic acids is 1. The second-order valence-electron chi connectivity index (χ2n) is 6.55. The van der Waals surface area contributed by atoms with Gasteiger partial charge in [-0.05, 0) is 18.6 Å². The number of carboxylic acid groups (broad SMARTS) is 1. The average Bonchev–Trinajstić information content (AvgIpc) is 2.64. The number of benzene rings is 1. The summed E-state index contributed by atoms with van der Waals surface area (Å²) in [6, 6.07) is 6.22. The van der Waals surface area contributed by atoms with E-state index in [1.165, 1.54) is 12.1 Å². The van der Waals surface area contributed by atoms with E-state index in [4.69, 9.17) is 5.11 Å². The fourth-order valence-electron chi connectivity index (χ4n) is 2.95. The number of anilines is 1. The van der Waals surface area contributed by atoms with Gasteiger partial charge < -0.3 is 20.8 Å². The number of nitrogens with one attached hydrogen (secondary N) is 2. The van der Waals surface area contributed by atoms with Gasteiger partial charge in [0.05, 0.1) is 27.8 Å². The molecule has 0 radical (unpaired) electrons. The van der Waals surface area contributed by atoms with Gasteiger partial charge >= 0.3 is 5.97 Å². The molecule has 10 nitrogen and oxygen atoms in total. The highest BCUT2D eigenvalue weighted by molar-refractivity contribution is 6.09. The SMILES string of the molecule is CC1CC([N+](=O)[O-])=CC(O)=C1C(=O)Nc1ccccc1C(=O)NCCCC(=O)O. The molecule has 1 atom stereocenters. The predicted molar refractivity (Wildman–Crippen MR) is 103 cm³/mol. The van der Waals surface area contributed by atoms with Crippen molar-refractivity contribution in [3.63, 3.8) is 0 Å². The molecule has 1 aromatic carbocycles. The zero-order chi connectivity index (χ0) is 21.6. The number of carboxylic acids is 1. The zero-order valence-corrected chi connectivity index (χ0v) is 15.7. The highest BCUT2D eigenvalue weighted by atomic mass is 16.6. The van der Waals surface area contributed by atoms with Gasteiger partial charge in [0.15, 0.2) is 0 Å². The summed E-state index contributed by atoms with van der Waals surface area (Å²) in [6.45, 7) is 1.74. The summed E-state index contributed by atoms with van der Waals surface area (Å²) >= 11 is 0. The van der Waals surface area contributed by atoms with Crippen molar-refractivity contribution < 1.29 is 29.5 Å². The number of nitrogens with zero attached hydrogens (tertiary/aromatic N) is 1. The van der Waals surface area contributed by atoms with Crippen LogP contribution in [0.1, 0.15) is 36.5 Å². The van der Waals surface area contributed by atoms with Crippen molar-refractivity contribution in [3.8, 4) is 0 Å². The third-order valence-electron chi connectivity index (χ3n) is 4.34. The van der Waals surface area contributed by atoms with Crippen LogP contribution in [0.15, 0.2) is 47.4 Å². The van der Waals surface area contributed by atoms with Crippen LogP contribution in [0, 0.1) is 16.0 Å². The molecule has 29 heavy (non-hydrogen) atoms. The summed E-state index contributed by atoms with van der Waals surface area (Å²) in [5.74, 6) is -3.19. The second-order valence-corrected chi connectivity index (χ2v) is 6.55. The highest BCUT2D eigenvalue weighted by Crippen LogP contribution is 2.30. The van der Waals surface area contributed by atoms with Crippen LogP contribution in [0.5, 0.6) is 0 Å². The number of aliphatic hydroxyl groups is 1. The van der Waals surface area contributed by atoms with Crippen LogP contribution in [0.2, 0.25) is 0 Å². The first kappa shape index (κ1) is 21.6. The predicted octanol–water partition coefficient (Wildman–Crippen LogP) is 2.23. The molecular weight excluding hydrogens is 382 g/mol. The number of nitro groups is 1. The summed E-state index contributed by atoms with van der Waals surface area (Å²) < 4.78 is 0. The van der Waals surface area contributed by atoms with E-state index in [0.29, 0.717) is 0 Å². The lowest BCUT2D eigenvalue weighted by Gasteiger charge is -2.20. The molecule has 0 aliphatic heterocycles. The van der Waals surface area contributed by atoms with Gasteiger partial charge in [-0.25, -0.2) is 0 Å². The molecule has 0 fully saturated rings. The van der Waals surface area contributed by atoms with Crippen LogP contribution in [0.25, 0.3) is 0 Å². The van der Waals surface area contributed by atoms with E-state index in [9.17, 15) is 29.6 Å². The summed E-state index contributed by atoms with van der Waals surface area (Å²) in [7, 11) is 0. The Morgan fingerprint density at radius 3 is 2.55 bits per heavy atom. The van der Waals surface area contributed by atoms with E-state index in [-0.39, 0.29) is 48.3 Å². The second kappa shape index (κ2) is 9.49. The number of rotatable bonds is 8. The maximum Gasteiger partial charge on any atom is 0.303 e. The molecule has 4 N–H and O–H groups in total. The van der Waals surface area contributed by atoms with Crippen molar-refractivity contribution in [1.29, 1.82) is 0 Å². The van der Waals surface area contributed by atoms with E-state index < -0.39 is 34.4 Å². The first-order valence-electron chi connectivity index (χ1n) is 8.89. The van der Waals surface area contributed by atoms with Crippen molar-refractivity contribution in [3.05, 3.63) is 63.0 Å². The Morgan fingerprint density at radius 2 is 1.93 bits per heavy atom. The number of aliphatic hydroxyl groups excluding tert-OH is 1. The smallest absolute Gasteiger partial charge is 0.303 e. The van der Waals surface area contributed by atoms with E-state index in [2.05, 4.69) is 10.6 Å². The molecule has 0 saturated heterocycles. The van der Waals surface area contributed by atoms with Crippen molar-refractivity contribution >= 4 is 23.5 Å². The van der Waals surface area contributed by atoms with Crippen LogP contribution in [-0.4, -0.2) is 39.5 Å². The lowest BCUT2D eigenvalue weighted by Crippen LogP contribution is -2.28. The van der Waals surface area contributed by atoms with Crippen molar-refractivity contribution in [2.45, 2.75) is 26.2 Å². The van der Waals surface area contributed by atoms with Gasteiger partial charge in [0.1, 0.15) is 5.76 Å². The standard InChI is InChI=1S/C19H21N3O7/c1-11-9-12(22(28)29)10-15(23)17(11)19(27)21-14-6-3-2-5-13(14)18(26)20-8-4-7-16(24)25/h2-3,5-6,10-11,23H,4,7-9H2,1H3,(H,20,26)(H,21,27)(H,24,25). The fraction of sp³-hybridized carbons (Fsp3) is 0.316. The molecule has 0 bridgehead atoms. The topological polar surface area (TPSA) is 159 Å². The van der Waals surface area contributed by atoms with E-state index in [1.54, 1.807) is 19.1 Å². The molecule has 0 spiro atoms. The Bertz CT molecular complexity index is 905. The molecule has 154 valence electrons. The Kier molecular flexibility index (Phi) is 7.07. The third-order valence-corrected chi connectivity index (χ3v) is 4.34. The van der Waals surface area contributed by atoms with Crippen LogP contribution in [0.3, 0.4) is 0 Å². The molecule has 1 aliphatic carbocycles. The monoisotopic (exact) mass is 403 g/mol. The van der Waals surface area contributed by atoms with Gasteiger partial charge in [-0.2, -0.15) is 0 Å². The number of carbonyl (C=O) groups excluding carboxylic acids is 2.